The second-order valence-corrected chi connectivity index (χ2v) is 10.1. The van der Waals surface area contributed by atoms with Crippen molar-refractivity contribution in [2.45, 2.75) is 37.8 Å². The van der Waals surface area contributed by atoms with Crippen LogP contribution in [0.15, 0.2) is 84.9 Å². The Morgan fingerprint density at radius 3 is 1.56 bits per heavy atom. The lowest BCUT2D eigenvalue weighted by molar-refractivity contribution is 0.513. The van der Waals surface area contributed by atoms with E-state index >= 15 is 0 Å². The second kappa shape index (κ2) is 7.45. The topological polar surface area (TPSA) is 0 Å². The van der Waals surface area contributed by atoms with Crippen molar-refractivity contribution >= 4 is 40.1 Å². The van der Waals surface area contributed by atoms with Crippen LogP contribution in [0.1, 0.15) is 32.1 Å². The predicted molar refractivity (Wildman–Crippen MR) is 121 cm³/mol. The highest BCUT2D eigenvalue weighted by Crippen LogP contribution is 2.48. The second-order valence-electron chi connectivity index (χ2n) is 7.66. The molecule has 27 heavy (non-hydrogen) atoms. The fraction of sp³-hybridized carbons (Fsp3) is 0.231. The predicted octanol–water partition coefficient (Wildman–Crippen LogP) is 6.76. The first-order valence-corrected chi connectivity index (χ1v) is 11.6. The summed E-state index contributed by atoms with van der Waals surface area (Å²) in [7, 11) is -0.369. The molecule has 1 fully saturated rings. The summed E-state index contributed by atoms with van der Waals surface area (Å²) in [5, 5.41) is 8.80. The van der Waals surface area contributed by atoms with E-state index < -0.39 is 0 Å². The molecule has 4 aromatic carbocycles. The summed E-state index contributed by atoms with van der Waals surface area (Å²) < 4.78 is 0. The summed E-state index contributed by atoms with van der Waals surface area (Å²) in [6.45, 7) is 0. The van der Waals surface area contributed by atoms with Crippen molar-refractivity contribution in [3.63, 3.8) is 0 Å². The average Bonchev–Trinajstić information content (AvgIpc) is 2.75. The normalized spacial score (nSPS) is 15.6. The third-order valence-corrected chi connectivity index (χ3v) is 9.06. The van der Waals surface area contributed by atoms with Crippen molar-refractivity contribution in [1.82, 2.24) is 0 Å². The molecule has 0 aromatic heterocycles. The van der Waals surface area contributed by atoms with E-state index in [4.69, 9.17) is 0 Å². The van der Waals surface area contributed by atoms with Crippen molar-refractivity contribution in [3.8, 4) is 0 Å². The van der Waals surface area contributed by atoms with Crippen LogP contribution in [0.2, 0.25) is 0 Å². The van der Waals surface area contributed by atoms with Gasteiger partial charge in [0.05, 0.1) is 0 Å². The summed E-state index contributed by atoms with van der Waals surface area (Å²) in [6, 6.07) is 31.8. The van der Waals surface area contributed by atoms with Crippen molar-refractivity contribution in [1.29, 1.82) is 0 Å². The van der Waals surface area contributed by atoms with Gasteiger partial charge in [-0.2, -0.15) is 0 Å². The zero-order valence-corrected chi connectivity index (χ0v) is 16.5. The zero-order chi connectivity index (χ0) is 18.1. The van der Waals surface area contributed by atoms with E-state index in [1.165, 1.54) is 53.6 Å². The smallest absolute Gasteiger partial charge is 0.0104 e. The molecule has 0 unspecified atom stereocenters. The Kier molecular flexibility index (Phi) is 4.68. The van der Waals surface area contributed by atoms with Crippen molar-refractivity contribution in [2.75, 3.05) is 0 Å². The third-order valence-electron chi connectivity index (χ3n) is 5.99. The van der Waals surface area contributed by atoms with Crippen molar-refractivity contribution < 1.29 is 0 Å². The first-order chi connectivity index (χ1) is 13.4. The van der Waals surface area contributed by atoms with Gasteiger partial charge in [0.25, 0.3) is 0 Å². The lowest BCUT2D eigenvalue weighted by Crippen LogP contribution is -2.24. The lowest BCUT2D eigenvalue weighted by Gasteiger charge is -2.33. The standard InChI is InChI=1S/C26H25P/c1-2-14-22(15-3-1)27(25-18-8-12-20-10-4-6-16-23(20)25)26-19-9-13-21-11-5-7-17-24(21)26/h4-13,16-19,22H,1-3,14-15H2. The summed E-state index contributed by atoms with van der Waals surface area (Å²) in [5.41, 5.74) is 0.797. The molecule has 1 aliphatic carbocycles. The fourth-order valence-electron chi connectivity index (χ4n) is 4.70. The van der Waals surface area contributed by atoms with Crippen LogP contribution in [0.25, 0.3) is 21.5 Å². The molecule has 0 spiro atoms. The van der Waals surface area contributed by atoms with Gasteiger partial charge in [-0.25, -0.2) is 0 Å². The Balaban J connectivity index is 1.76. The number of benzene rings is 4. The third kappa shape index (κ3) is 3.17. The van der Waals surface area contributed by atoms with Gasteiger partial charge in [-0.15, -0.1) is 0 Å². The molecule has 0 radical (unpaired) electrons. The van der Waals surface area contributed by atoms with E-state index in [0.717, 1.165) is 5.66 Å². The minimum atomic E-state index is -0.369. The highest BCUT2D eigenvalue weighted by molar-refractivity contribution is 7.74. The maximum Gasteiger partial charge on any atom is -0.0104 e. The molecule has 0 amide bonds. The number of rotatable bonds is 3. The summed E-state index contributed by atoms with van der Waals surface area (Å²) in [5.74, 6) is 0. The lowest BCUT2D eigenvalue weighted by atomic mass is 10.0. The van der Waals surface area contributed by atoms with Gasteiger partial charge in [0.15, 0.2) is 0 Å². The molecule has 0 heterocycles. The Morgan fingerprint density at radius 2 is 1.00 bits per heavy atom. The SMILES string of the molecule is c1ccc2c(P(c3cccc4ccccc34)C3CCCCC3)cccc2c1. The van der Waals surface area contributed by atoms with Gasteiger partial charge >= 0.3 is 0 Å². The largest absolute Gasteiger partial charge is 0.0616 e. The van der Waals surface area contributed by atoms with Crippen LogP contribution in [0.5, 0.6) is 0 Å². The maximum absolute atomic E-state index is 2.41. The highest BCUT2D eigenvalue weighted by atomic mass is 31.1. The van der Waals surface area contributed by atoms with Crippen LogP contribution in [0.4, 0.5) is 0 Å². The molecular formula is C26H25P. The zero-order valence-electron chi connectivity index (χ0n) is 15.6. The summed E-state index contributed by atoms with van der Waals surface area (Å²) in [4.78, 5) is 0. The molecule has 0 bridgehead atoms. The van der Waals surface area contributed by atoms with Gasteiger partial charge in [0, 0.05) is 0 Å². The van der Waals surface area contributed by atoms with Crippen molar-refractivity contribution in [2.24, 2.45) is 0 Å². The van der Waals surface area contributed by atoms with Crippen molar-refractivity contribution in [3.05, 3.63) is 84.9 Å². The van der Waals surface area contributed by atoms with E-state index in [9.17, 15) is 0 Å². The van der Waals surface area contributed by atoms with Crippen LogP contribution >= 0.6 is 7.92 Å². The van der Waals surface area contributed by atoms with Gasteiger partial charge in [-0.3, -0.25) is 0 Å². The number of hydrogen-bond donors (Lipinski definition) is 0. The Bertz CT molecular complexity index is 986. The van der Waals surface area contributed by atoms with E-state index in [1.54, 1.807) is 10.6 Å². The molecule has 0 atom stereocenters. The molecule has 0 saturated heterocycles. The first-order valence-electron chi connectivity index (χ1n) is 10.2. The molecule has 134 valence electrons. The van der Waals surface area contributed by atoms with Gasteiger partial charge in [0.2, 0.25) is 0 Å². The van der Waals surface area contributed by atoms with E-state index in [0.29, 0.717) is 0 Å². The molecule has 5 rings (SSSR count). The molecule has 1 saturated carbocycles. The fourth-order valence-corrected chi connectivity index (χ4v) is 8.05. The Labute approximate surface area is 163 Å². The van der Waals surface area contributed by atoms with Crippen LogP contribution in [-0.2, 0) is 0 Å². The van der Waals surface area contributed by atoms with Crippen LogP contribution in [-0.4, -0.2) is 5.66 Å². The van der Waals surface area contributed by atoms with E-state index in [-0.39, 0.29) is 7.92 Å². The summed E-state index contributed by atoms with van der Waals surface area (Å²) in [6.07, 6.45) is 6.93. The minimum absolute atomic E-state index is 0.369. The van der Waals surface area contributed by atoms with Gasteiger partial charge < -0.3 is 0 Å². The molecular weight excluding hydrogens is 343 g/mol. The molecule has 1 aliphatic rings. The van der Waals surface area contributed by atoms with Crippen LogP contribution in [0.3, 0.4) is 0 Å². The number of hydrogen-bond acceptors (Lipinski definition) is 0. The highest BCUT2D eigenvalue weighted by Gasteiger charge is 2.28. The van der Waals surface area contributed by atoms with Gasteiger partial charge in [-0.1, -0.05) is 104 Å². The quantitative estimate of drug-likeness (QED) is 0.351. The number of fused-ring (bicyclic) bond motifs is 2. The van der Waals surface area contributed by atoms with Crippen LogP contribution in [0, 0.1) is 0 Å². The van der Waals surface area contributed by atoms with Gasteiger partial charge in [-0.05, 0) is 58.6 Å². The average molecular weight is 368 g/mol. The van der Waals surface area contributed by atoms with E-state index in [2.05, 4.69) is 84.9 Å². The first kappa shape index (κ1) is 17.0. The van der Waals surface area contributed by atoms with E-state index in [1.807, 2.05) is 0 Å². The molecule has 0 nitrogen and oxygen atoms in total. The molecule has 4 aromatic rings. The molecule has 0 aliphatic heterocycles. The Hall–Kier alpha value is -2.17. The monoisotopic (exact) mass is 368 g/mol. The Morgan fingerprint density at radius 1 is 0.519 bits per heavy atom. The summed E-state index contributed by atoms with van der Waals surface area (Å²) >= 11 is 0. The molecule has 1 heteroatoms. The van der Waals surface area contributed by atoms with Crippen LogP contribution < -0.4 is 10.6 Å². The van der Waals surface area contributed by atoms with Gasteiger partial charge in [0.1, 0.15) is 0 Å². The maximum atomic E-state index is 2.41. The molecule has 0 N–H and O–H groups in total. The minimum Gasteiger partial charge on any atom is -0.0616 e.